The predicted molar refractivity (Wildman–Crippen MR) is 81.4 cm³/mol. The van der Waals surface area contributed by atoms with Crippen LogP contribution in [0, 0.1) is 0 Å². The van der Waals surface area contributed by atoms with Gasteiger partial charge in [0.05, 0.1) is 11.4 Å². The van der Waals surface area contributed by atoms with Crippen molar-refractivity contribution in [3.05, 3.63) is 36.4 Å². The Kier molecular flexibility index (Phi) is 5.86. The van der Waals surface area contributed by atoms with Crippen molar-refractivity contribution in [2.24, 2.45) is 0 Å². The van der Waals surface area contributed by atoms with E-state index in [-0.39, 0.29) is 36.5 Å². The van der Waals surface area contributed by atoms with Gasteiger partial charge in [0.25, 0.3) is 20.2 Å². The minimum absolute atomic E-state index is 0. The van der Waals surface area contributed by atoms with Crippen LogP contribution in [-0.2, 0) is 20.2 Å². The van der Waals surface area contributed by atoms with Crippen molar-refractivity contribution in [1.29, 1.82) is 0 Å². The fourth-order valence-electron chi connectivity index (χ4n) is 2.09. The van der Waals surface area contributed by atoms with Crippen molar-refractivity contribution >= 4 is 31.6 Å². The summed E-state index contributed by atoms with van der Waals surface area (Å²) in [5.74, 6) is 0. The summed E-state index contributed by atoms with van der Waals surface area (Å²) >= 11 is 0. The van der Waals surface area contributed by atoms with E-state index in [0.717, 1.165) is 6.07 Å². The Morgan fingerprint density at radius 1 is 0.870 bits per heavy atom. The third kappa shape index (κ3) is 4.04. The minimum atomic E-state index is -4.87. The summed E-state index contributed by atoms with van der Waals surface area (Å²) in [7, 11) is -9.74. The van der Waals surface area contributed by atoms with Gasteiger partial charge in [0.1, 0.15) is 9.79 Å². The van der Waals surface area contributed by atoms with Gasteiger partial charge in [-0.15, -0.1) is 0 Å². The van der Waals surface area contributed by atoms with E-state index in [0.29, 0.717) is 5.56 Å². The van der Waals surface area contributed by atoms with Gasteiger partial charge < -0.3 is 12.9 Å². The Morgan fingerprint density at radius 2 is 1.35 bits per heavy atom. The molecule has 0 fully saturated rings. The van der Waals surface area contributed by atoms with Crippen LogP contribution < -0.4 is 41.0 Å². The summed E-state index contributed by atoms with van der Waals surface area (Å²) in [4.78, 5) is -1.79. The Labute approximate surface area is 156 Å². The van der Waals surface area contributed by atoms with Crippen LogP contribution in [0.25, 0.3) is 11.1 Å². The molecule has 0 radical (unpaired) electrons. The molecule has 2 aromatic rings. The van der Waals surface area contributed by atoms with Gasteiger partial charge in [-0.2, -0.15) is 16.8 Å². The minimum Gasteiger partial charge on any atom is -1.00 e. The normalized spacial score (nSPS) is 11.7. The number of nitrogen functional groups attached to an aromatic ring is 2. The molecule has 8 nitrogen and oxygen atoms in total. The molecule has 2 rings (SSSR count). The van der Waals surface area contributed by atoms with Gasteiger partial charge in [0.2, 0.25) is 0 Å². The number of hydrogen-bond donors (Lipinski definition) is 4. The van der Waals surface area contributed by atoms with Crippen LogP contribution in [0.1, 0.15) is 1.43 Å². The Hall–Kier alpha value is -1.14. The summed E-state index contributed by atoms with van der Waals surface area (Å²) < 4.78 is 64.3. The maximum atomic E-state index is 11.6. The summed E-state index contributed by atoms with van der Waals surface area (Å²) in [5, 5.41) is 0. The smallest absolute Gasteiger partial charge is 1.00 e. The van der Waals surface area contributed by atoms with Crippen molar-refractivity contribution in [1.82, 2.24) is 0 Å². The van der Waals surface area contributed by atoms with Gasteiger partial charge in [-0.3, -0.25) is 9.11 Å². The van der Waals surface area contributed by atoms with E-state index in [1.807, 2.05) is 0 Å². The topological polar surface area (TPSA) is 161 Å². The average Bonchev–Trinajstić information content (AvgIpc) is 2.35. The zero-order valence-electron chi connectivity index (χ0n) is 13.0. The Bertz CT molecular complexity index is 949. The first kappa shape index (κ1) is 19.9. The third-order valence-corrected chi connectivity index (χ3v) is 4.82. The largest absolute Gasteiger partial charge is 1.00 e. The van der Waals surface area contributed by atoms with Gasteiger partial charge in [-0.05, 0) is 11.6 Å². The second-order valence-corrected chi connectivity index (χ2v) is 7.12. The standard InChI is InChI=1S/C12H12N2O6S2.Na.H/c13-9-6-8(7-4-2-1-3-5-7)11(21(15,16)17)10(14)12(9)22(18,19)20;;/h1-6H,13-14H2,(H,15,16,17)(H,18,19,20);;/q;+1;-1. The molecular formula is C12H13N2NaO6S2. The molecule has 0 saturated heterocycles. The first-order valence-corrected chi connectivity index (χ1v) is 8.64. The molecule has 120 valence electrons. The maximum absolute atomic E-state index is 11.6. The molecule has 23 heavy (non-hydrogen) atoms. The van der Waals surface area contributed by atoms with Crippen molar-refractivity contribution in [3.8, 4) is 11.1 Å². The number of hydrogen-bond acceptors (Lipinski definition) is 6. The molecular weight excluding hydrogens is 355 g/mol. The molecule has 0 aromatic heterocycles. The number of benzene rings is 2. The molecule has 0 atom stereocenters. The fraction of sp³-hybridized carbons (Fsp3) is 0. The van der Waals surface area contributed by atoms with E-state index in [2.05, 4.69) is 0 Å². The zero-order valence-corrected chi connectivity index (χ0v) is 15.6. The Morgan fingerprint density at radius 3 is 1.78 bits per heavy atom. The molecule has 6 N–H and O–H groups in total. The molecule has 0 amide bonds. The molecule has 2 aromatic carbocycles. The molecule has 0 heterocycles. The van der Waals surface area contributed by atoms with Gasteiger partial charge in [0, 0.05) is 5.56 Å². The van der Waals surface area contributed by atoms with Gasteiger partial charge in [-0.25, -0.2) is 0 Å². The monoisotopic (exact) mass is 368 g/mol. The van der Waals surface area contributed by atoms with Crippen molar-refractivity contribution in [2.75, 3.05) is 11.5 Å². The molecule has 0 aliphatic heterocycles. The summed E-state index contributed by atoms with van der Waals surface area (Å²) in [6, 6.07) is 8.94. The molecule has 0 spiro atoms. The van der Waals surface area contributed by atoms with E-state index in [1.54, 1.807) is 18.2 Å². The molecule has 0 unspecified atom stereocenters. The molecule has 0 bridgehead atoms. The molecule has 0 aliphatic rings. The van der Waals surface area contributed by atoms with Crippen LogP contribution in [0.5, 0.6) is 0 Å². The van der Waals surface area contributed by atoms with E-state index in [4.69, 9.17) is 16.0 Å². The van der Waals surface area contributed by atoms with Crippen molar-refractivity contribution in [3.63, 3.8) is 0 Å². The van der Waals surface area contributed by atoms with E-state index >= 15 is 0 Å². The summed E-state index contributed by atoms with van der Waals surface area (Å²) in [6.45, 7) is 0. The van der Waals surface area contributed by atoms with Crippen molar-refractivity contribution in [2.45, 2.75) is 9.79 Å². The van der Waals surface area contributed by atoms with Crippen LogP contribution in [0.15, 0.2) is 46.2 Å². The van der Waals surface area contributed by atoms with Gasteiger partial charge in [-0.1, -0.05) is 30.3 Å². The predicted octanol–water partition coefficient (Wildman–Crippen LogP) is -1.87. The average molecular weight is 368 g/mol. The second-order valence-electron chi connectivity index (χ2n) is 4.40. The Balaban J connectivity index is 0.00000264. The van der Waals surface area contributed by atoms with E-state index < -0.39 is 41.4 Å². The third-order valence-electron chi connectivity index (χ3n) is 2.90. The van der Waals surface area contributed by atoms with Crippen LogP contribution >= 0.6 is 0 Å². The fourth-order valence-corrected chi connectivity index (χ4v) is 3.72. The van der Waals surface area contributed by atoms with Crippen LogP contribution in [0.3, 0.4) is 0 Å². The number of anilines is 2. The maximum Gasteiger partial charge on any atom is 1.00 e. The van der Waals surface area contributed by atoms with E-state index in [9.17, 15) is 21.4 Å². The van der Waals surface area contributed by atoms with Gasteiger partial charge >= 0.3 is 29.6 Å². The van der Waals surface area contributed by atoms with Crippen LogP contribution in [-0.4, -0.2) is 25.9 Å². The van der Waals surface area contributed by atoms with Crippen molar-refractivity contribution < 1.29 is 56.9 Å². The SMILES string of the molecule is Nc1cc(-c2ccccc2)c(S(=O)(=O)O)c(N)c1S(=O)(=O)O.[H-].[Na+]. The molecule has 0 aliphatic carbocycles. The number of nitrogens with two attached hydrogens (primary N) is 2. The second kappa shape index (κ2) is 6.77. The number of rotatable bonds is 3. The molecule has 0 saturated carbocycles. The zero-order chi connectivity index (χ0) is 16.7. The quantitative estimate of drug-likeness (QED) is 0.278. The molecule has 11 heteroatoms. The van der Waals surface area contributed by atoms with Crippen LogP contribution in [0.2, 0.25) is 0 Å². The first-order chi connectivity index (χ1) is 10.0. The summed E-state index contributed by atoms with van der Waals surface area (Å²) in [6.07, 6.45) is 0. The van der Waals surface area contributed by atoms with Gasteiger partial charge in [0.15, 0.2) is 0 Å². The first-order valence-electron chi connectivity index (χ1n) is 5.76. The van der Waals surface area contributed by atoms with E-state index in [1.165, 1.54) is 12.1 Å². The summed E-state index contributed by atoms with van der Waals surface area (Å²) in [5.41, 5.74) is 10.1. The van der Waals surface area contributed by atoms with Crippen LogP contribution in [0.4, 0.5) is 11.4 Å².